The lowest BCUT2D eigenvalue weighted by molar-refractivity contribution is 0.102. The molecule has 0 bridgehead atoms. The fraction of sp³-hybridized carbons (Fsp3) is 0.389. The summed E-state index contributed by atoms with van der Waals surface area (Å²) in [4.78, 5) is 20.7. The van der Waals surface area contributed by atoms with E-state index >= 15 is 0 Å². The highest BCUT2D eigenvalue weighted by atomic mass is 16.5. The molecule has 2 rings (SSSR count). The van der Waals surface area contributed by atoms with Crippen molar-refractivity contribution < 1.29 is 9.53 Å². The summed E-state index contributed by atoms with van der Waals surface area (Å²) in [5.74, 6) is 0.385. The van der Waals surface area contributed by atoms with Gasteiger partial charge in [-0.1, -0.05) is 17.7 Å². The molecule has 1 aromatic heterocycles. The van der Waals surface area contributed by atoms with Crippen LogP contribution in [0.5, 0.6) is 0 Å². The Hall–Kier alpha value is -2.47. The molecule has 0 atom stereocenters. The Morgan fingerprint density at radius 3 is 2.50 bits per heavy atom. The molecule has 0 unspecified atom stereocenters. The van der Waals surface area contributed by atoms with Gasteiger partial charge >= 0.3 is 0 Å². The van der Waals surface area contributed by atoms with Gasteiger partial charge in [0.05, 0.1) is 0 Å². The third kappa shape index (κ3) is 4.76. The van der Waals surface area contributed by atoms with Crippen molar-refractivity contribution in [3.63, 3.8) is 0 Å². The first-order chi connectivity index (χ1) is 11.5. The summed E-state index contributed by atoms with van der Waals surface area (Å²) in [5.41, 5.74) is 4.41. The van der Waals surface area contributed by atoms with Crippen LogP contribution >= 0.6 is 0 Å². The minimum atomic E-state index is -0.243. The van der Waals surface area contributed by atoms with Crippen molar-refractivity contribution in [1.29, 1.82) is 0 Å². The van der Waals surface area contributed by atoms with Gasteiger partial charge in [0.1, 0.15) is 17.8 Å². The largest absolute Gasteiger partial charge is 0.385 e. The summed E-state index contributed by atoms with van der Waals surface area (Å²) in [6.45, 7) is 7.41. The molecule has 1 aromatic carbocycles. The molecule has 2 aromatic rings. The molecule has 6 nitrogen and oxygen atoms in total. The van der Waals surface area contributed by atoms with Crippen LogP contribution in [0, 0.1) is 20.8 Å². The van der Waals surface area contributed by atoms with E-state index in [0.29, 0.717) is 18.1 Å². The van der Waals surface area contributed by atoms with Crippen molar-refractivity contribution >= 4 is 17.4 Å². The number of carbonyl (C=O) groups is 1. The van der Waals surface area contributed by atoms with Gasteiger partial charge in [-0.2, -0.15) is 0 Å². The van der Waals surface area contributed by atoms with Crippen molar-refractivity contribution in [1.82, 2.24) is 9.97 Å². The number of hydrogen-bond donors (Lipinski definition) is 2. The SMILES string of the molecule is COCCCNc1cc(C(=O)Nc2c(C)cc(C)cc2C)ncn1. The van der Waals surface area contributed by atoms with E-state index in [1.54, 1.807) is 13.2 Å². The molecular formula is C18H24N4O2. The molecule has 0 aliphatic heterocycles. The van der Waals surface area contributed by atoms with Gasteiger partial charge in [0.2, 0.25) is 0 Å². The van der Waals surface area contributed by atoms with E-state index in [4.69, 9.17) is 4.74 Å². The molecule has 0 aliphatic carbocycles. The maximum absolute atomic E-state index is 12.5. The Morgan fingerprint density at radius 2 is 1.83 bits per heavy atom. The minimum absolute atomic E-state index is 0.243. The molecular weight excluding hydrogens is 304 g/mol. The number of carbonyl (C=O) groups excluding carboxylic acids is 1. The van der Waals surface area contributed by atoms with Crippen molar-refractivity contribution in [2.45, 2.75) is 27.2 Å². The van der Waals surface area contributed by atoms with E-state index in [1.807, 2.05) is 32.9 Å². The number of nitrogens with zero attached hydrogens (tertiary/aromatic N) is 2. The standard InChI is InChI=1S/C18H24N4O2/c1-12-8-13(2)17(14(3)9-12)22-18(23)15-10-16(21-11-20-15)19-6-5-7-24-4/h8-11H,5-7H2,1-4H3,(H,22,23)(H,19,20,21). The predicted octanol–water partition coefficient (Wildman–Crippen LogP) is 3.10. The van der Waals surface area contributed by atoms with E-state index in [-0.39, 0.29) is 5.91 Å². The lowest BCUT2D eigenvalue weighted by Crippen LogP contribution is -2.16. The second-order valence-electron chi connectivity index (χ2n) is 5.79. The van der Waals surface area contributed by atoms with Crippen LogP contribution in [0.4, 0.5) is 11.5 Å². The maximum atomic E-state index is 12.5. The van der Waals surface area contributed by atoms with Crippen molar-refractivity contribution in [2.75, 3.05) is 30.9 Å². The number of benzene rings is 1. The summed E-state index contributed by atoms with van der Waals surface area (Å²) in [6, 6.07) is 5.75. The maximum Gasteiger partial charge on any atom is 0.274 e. The average molecular weight is 328 g/mol. The Bertz CT molecular complexity index is 693. The first-order valence-electron chi connectivity index (χ1n) is 7.95. The number of ether oxygens (including phenoxy) is 1. The number of aryl methyl sites for hydroxylation is 3. The molecule has 24 heavy (non-hydrogen) atoms. The predicted molar refractivity (Wildman–Crippen MR) is 95.6 cm³/mol. The number of methoxy groups -OCH3 is 1. The molecule has 0 fully saturated rings. The van der Waals surface area contributed by atoms with Crippen molar-refractivity contribution in [3.8, 4) is 0 Å². The monoisotopic (exact) mass is 328 g/mol. The quantitative estimate of drug-likeness (QED) is 0.764. The first kappa shape index (κ1) is 17.9. The summed E-state index contributed by atoms with van der Waals surface area (Å²) < 4.78 is 5.00. The normalized spacial score (nSPS) is 10.5. The minimum Gasteiger partial charge on any atom is -0.385 e. The van der Waals surface area contributed by atoms with Crippen LogP contribution in [0.3, 0.4) is 0 Å². The van der Waals surface area contributed by atoms with E-state index < -0.39 is 0 Å². The second kappa shape index (κ2) is 8.40. The topological polar surface area (TPSA) is 76.1 Å². The molecule has 128 valence electrons. The molecule has 1 heterocycles. The first-order valence-corrected chi connectivity index (χ1v) is 7.95. The zero-order valence-corrected chi connectivity index (χ0v) is 14.6. The fourth-order valence-corrected chi connectivity index (χ4v) is 2.57. The lowest BCUT2D eigenvalue weighted by Gasteiger charge is -2.13. The van der Waals surface area contributed by atoms with Crippen LogP contribution in [0.25, 0.3) is 0 Å². The summed E-state index contributed by atoms with van der Waals surface area (Å²) >= 11 is 0. The van der Waals surface area contributed by atoms with Crippen LogP contribution in [0.15, 0.2) is 24.5 Å². The highest BCUT2D eigenvalue weighted by Gasteiger charge is 2.12. The average Bonchev–Trinajstić information content (AvgIpc) is 2.55. The van der Waals surface area contributed by atoms with Gasteiger partial charge in [0.25, 0.3) is 5.91 Å². The van der Waals surface area contributed by atoms with E-state index in [0.717, 1.165) is 29.8 Å². The van der Waals surface area contributed by atoms with Crippen LogP contribution in [-0.2, 0) is 4.74 Å². The smallest absolute Gasteiger partial charge is 0.274 e. The molecule has 1 amide bonds. The van der Waals surface area contributed by atoms with Gasteiger partial charge in [-0.15, -0.1) is 0 Å². The number of rotatable bonds is 7. The van der Waals surface area contributed by atoms with E-state index in [1.165, 1.54) is 11.9 Å². The Morgan fingerprint density at radius 1 is 1.12 bits per heavy atom. The summed E-state index contributed by atoms with van der Waals surface area (Å²) in [6.07, 6.45) is 2.26. The fourth-order valence-electron chi connectivity index (χ4n) is 2.57. The van der Waals surface area contributed by atoms with Crippen molar-refractivity contribution in [2.24, 2.45) is 0 Å². The van der Waals surface area contributed by atoms with Gasteiger partial charge < -0.3 is 15.4 Å². The summed E-state index contributed by atoms with van der Waals surface area (Å²) in [5, 5.41) is 6.11. The molecule has 0 spiro atoms. The van der Waals surface area contributed by atoms with E-state index in [9.17, 15) is 4.79 Å². The van der Waals surface area contributed by atoms with Crippen LogP contribution < -0.4 is 10.6 Å². The molecule has 0 saturated heterocycles. The van der Waals surface area contributed by atoms with Gasteiger partial charge in [-0.05, 0) is 38.3 Å². The third-order valence-electron chi connectivity index (χ3n) is 3.65. The molecule has 6 heteroatoms. The van der Waals surface area contributed by atoms with Crippen molar-refractivity contribution in [3.05, 3.63) is 46.9 Å². The van der Waals surface area contributed by atoms with Gasteiger partial charge in [0.15, 0.2) is 0 Å². The van der Waals surface area contributed by atoms with E-state index in [2.05, 4.69) is 20.6 Å². The van der Waals surface area contributed by atoms with Gasteiger partial charge in [-0.3, -0.25) is 4.79 Å². The lowest BCUT2D eigenvalue weighted by atomic mass is 10.1. The third-order valence-corrected chi connectivity index (χ3v) is 3.65. The highest BCUT2D eigenvalue weighted by Crippen LogP contribution is 2.22. The van der Waals surface area contributed by atoms with Gasteiger partial charge in [0, 0.05) is 32.0 Å². The second-order valence-corrected chi connectivity index (χ2v) is 5.79. The van der Waals surface area contributed by atoms with Crippen LogP contribution in [-0.4, -0.2) is 36.1 Å². The van der Waals surface area contributed by atoms with Gasteiger partial charge in [-0.25, -0.2) is 9.97 Å². The molecule has 2 N–H and O–H groups in total. The number of hydrogen-bond acceptors (Lipinski definition) is 5. The molecule has 0 radical (unpaired) electrons. The summed E-state index contributed by atoms with van der Waals surface area (Å²) in [7, 11) is 1.67. The number of nitrogens with one attached hydrogen (secondary N) is 2. The highest BCUT2D eigenvalue weighted by molar-refractivity contribution is 6.04. The Balaban J connectivity index is 2.07. The van der Waals surface area contributed by atoms with Crippen LogP contribution in [0.2, 0.25) is 0 Å². The Kier molecular flexibility index (Phi) is 6.26. The molecule has 0 aliphatic rings. The van der Waals surface area contributed by atoms with Crippen LogP contribution in [0.1, 0.15) is 33.6 Å². The number of aromatic nitrogens is 2. The zero-order valence-electron chi connectivity index (χ0n) is 14.6. The Labute approximate surface area is 142 Å². The molecule has 0 saturated carbocycles. The zero-order chi connectivity index (χ0) is 17.5. The number of anilines is 2. The number of amides is 1.